The molecule has 160 valence electrons. The molecule has 1 saturated heterocycles. The van der Waals surface area contributed by atoms with Crippen molar-refractivity contribution in [3.63, 3.8) is 0 Å². The van der Waals surface area contributed by atoms with Crippen LogP contribution in [0.2, 0.25) is 0 Å². The van der Waals surface area contributed by atoms with E-state index in [4.69, 9.17) is 0 Å². The first-order chi connectivity index (χ1) is 14.7. The second-order valence-corrected chi connectivity index (χ2v) is 8.90. The molecule has 2 fully saturated rings. The molecule has 1 aliphatic carbocycles. The standard InChI is InChI=1S/C25H32FN3O/c26-22-9-5-8-20(16-22)18-29-14-11-21(12-15-29)25(23-10-3-4-13-27-23)28-24(30)17-19-6-1-2-7-19/h3-5,8-10,13,16,19,21,25H,1-2,6-7,11-12,14-15,17-18H2,(H,28,30)/t25-/m1/s1. The molecule has 2 heterocycles. The maximum atomic E-state index is 13.5. The molecule has 4 rings (SSSR count). The summed E-state index contributed by atoms with van der Waals surface area (Å²) >= 11 is 0. The lowest BCUT2D eigenvalue weighted by Crippen LogP contribution is -2.41. The molecule has 1 saturated carbocycles. The molecule has 1 amide bonds. The topological polar surface area (TPSA) is 45.2 Å². The van der Waals surface area contributed by atoms with E-state index >= 15 is 0 Å². The smallest absolute Gasteiger partial charge is 0.220 e. The summed E-state index contributed by atoms with van der Waals surface area (Å²) in [6, 6.07) is 12.8. The van der Waals surface area contributed by atoms with Crippen LogP contribution in [0.15, 0.2) is 48.7 Å². The summed E-state index contributed by atoms with van der Waals surface area (Å²) in [4.78, 5) is 19.7. The van der Waals surface area contributed by atoms with E-state index in [2.05, 4.69) is 15.2 Å². The Balaban J connectivity index is 1.37. The van der Waals surface area contributed by atoms with E-state index in [9.17, 15) is 9.18 Å². The zero-order chi connectivity index (χ0) is 20.8. The number of aromatic nitrogens is 1. The first-order valence-electron chi connectivity index (χ1n) is 11.3. The van der Waals surface area contributed by atoms with Crippen LogP contribution in [0.5, 0.6) is 0 Å². The Morgan fingerprint density at radius 2 is 1.90 bits per heavy atom. The van der Waals surface area contributed by atoms with E-state index in [1.807, 2.05) is 30.5 Å². The normalized spacial score (nSPS) is 19.6. The third-order valence-corrected chi connectivity index (χ3v) is 6.67. The number of likely N-dealkylation sites (tertiary alicyclic amines) is 1. The van der Waals surface area contributed by atoms with E-state index in [0.717, 1.165) is 43.7 Å². The van der Waals surface area contributed by atoms with Crippen molar-refractivity contribution in [2.24, 2.45) is 11.8 Å². The number of pyridine rings is 1. The Bertz CT molecular complexity index is 814. The van der Waals surface area contributed by atoms with Crippen molar-refractivity contribution < 1.29 is 9.18 Å². The van der Waals surface area contributed by atoms with E-state index in [1.165, 1.54) is 31.7 Å². The molecule has 0 radical (unpaired) electrons. The SMILES string of the molecule is O=C(CC1CCCC1)N[C@@H](c1ccccn1)C1CCN(Cc2cccc(F)c2)CC1. The summed E-state index contributed by atoms with van der Waals surface area (Å²) in [5, 5.41) is 3.33. The molecule has 1 N–H and O–H groups in total. The molecular formula is C25H32FN3O. The van der Waals surface area contributed by atoms with Gasteiger partial charge in [-0.05, 0) is 80.4 Å². The number of amides is 1. The summed E-state index contributed by atoms with van der Waals surface area (Å²) in [5.41, 5.74) is 1.97. The average molecular weight is 410 g/mol. The van der Waals surface area contributed by atoms with Crippen LogP contribution in [0.1, 0.15) is 62.2 Å². The minimum Gasteiger partial charge on any atom is -0.347 e. The Hall–Kier alpha value is -2.27. The number of carbonyl (C=O) groups is 1. The molecule has 1 atom stereocenters. The summed E-state index contributed by atoms with van der Waals surface area (Å²) < 4.78 is 13.5. The van der Waals surface area contributed by atoms with Crippen LogP contribution >= 0.6 is 0 Å². The third kappa shape index (κ3) is 5.66. The lowest BCUT2D eigenvalue weighted by molar-refractivity contribution is -0.123. The molecule has 4 nitrogen and oxygen atoms in total. The van der Waals surface area contributed by atoms with Crippen molar-refractivity contribution >= 4 is 5.91 Å². The quantitative estimate of drug-likeness (QED) is 0.710. The number of hydrogen-bond donors (Lipinski definition) is 1. The minimum absolute atomic E-state index is 0.0311. The number of hydrogen-bond acceptors (Lipinski definition) is 3. The summed E-state index contributed by atoms with van der Waals surface area (Å²) in [6.07, 6.45) is 9.32. The van der Waals surface area contributed by atoms with E-state index in [-0.39, 0.29) is 17.8 Å². The molecule has 5 heteroatoms. The van der Waals surface area contributed by atoms with Crippen molar-refractivity contribution in [3.05, 3.63) is 65.7 Å². The maximum Gasteiger partial charge on any atom is 0.220 e. The largest absolute Gasteiger partial charge is 0.347 e. The molecule has 1 aromatic carbocycles. The molecular weight excluding hydrogens is 377 g/mol. The van der Waals surface area contributed by atoms with Crippen molar-refractivity contribution in [3.8, 4) is 0 Å². The van der Waals surface area contributed by atoms with Gasteiger partial charge in [-0.2, -0.15) is 0 Å². The lowest BCUT2D eigenvalue weighted by atomic mass is 9.86. The van der Waals surface area contributed by atoms with Crippen LogP contribution in [-0.2, 0) is 11.3 Å². The first kappa shape index (κ1) is 21.0. The molecule has 0 spiro atoms. The van der Waals surface area contributed by atoms with Crippen LogP contribution in [-0.4, -0.2) is 28.9 Å². The summed E-state index contributed by atoms with van der Waals surface area (Å²) in [7, 11) is 0. The number of nitrogens with zero attached hydrogens (tertiary/aromatic N) is 2. The molecule has 0 bridgehead atoms. The summed E-state index contributed by atoms with van der Waals surface area (Å²) in [5.74, 6) is 0.904. The van der Waals surface area contributed by atoms with Gasteiger partial charge in [0.15, 0.2) is 0 Å². The maximum absolute atomic E-state index is 13.5. The van der Waals surface area contributed by atoms with Crippen molar-refractivity contribution in [2.45, 2.75) is 57.5 Å². The van der Waals surface area contributed by atoms with Gasteiger partial charge in [-0.15, -0.1) is 0 Å². The second kappa shape index (κ2) is 10.2. The van der Waals surface area contributed by atoms with E-state index < -0.39 is 0 Å². The van der Waals surface area contributed by atoms with Crippen LogP contribution in [0.3, 0.4) is 0 Å². The van der Waals surface area contributed by atoms with Gasteiger partial charge in [0.05, 0.1) is 11.7 Å². The predicted octanol–water partition coefficient (Wildman–Crippen LogP) is 4.87. The van der Waals surface area contributed by atoms with Gasteiger partial charge in [0.2, 0.25) is 5.91 Å². The minimum atomic E-state index is -0.178. The zero-order valence-electron chi connectivity index (χ0n) is 17.6. The molecule has 1 aromatic heterocycles. The van der Waals surface area contributed by atoms with Crippen molar-refractivity contribution in [2.75, 3.05) is 13.1 Å². The van der Waals surface area contributed by atoms with E-state index in [0.29, 0.717) is 18.3 Å². The Morgan fingerprint density at radius 3 is 2.60 bits per heavy atom. The highest BCUT2D eigenvalue weighted by Gasteiger charge is 2.30. The van der Waals surface area contributed by atoms with Gasteiger partial charge in [-0.1, -0.05) is 31.0 Å². The molecule has 2 aromatic rings. The highest BCUT2D eigenvalue weighted by Crippen LogP contribution is 2.32. The number of rotatable bonds is 7. The van der Waals surface area contributed by atoms with Gasteiger partial charge >= 0.3 is 0 Å². The lowest BCUT2D eigenvalue weighted by Gasteiger charge is -2.36. The highest BCUT2D eigenvalue weighted by molar-refractivity contribution is 5.76. The Kier molecular flexibility index (Phi) is 7.11. The van der Waals surface area contributed by atoms with Crippen LogP contribution < -0.4 is 5.32 Å². The highest BCUT2D eigenvalue weighted by atomic mass is 19.1. The fraction of sp³-hybridized carbons (Fsp3) is 0.520. The van der Waals surface area contributed by atoms with Gasteiger partial charge in [-0.3, -0.25) is 14.7 Å². The molecule has 30 heavy (non-hydrogen) atoms. The van der Waals surface area contributed by atoms with Gasteiger partial charge < -0.3 is 5.32 Å². The number of nitrogens with one attached hydrogen (secondary N) is 1. The zero-order valence-corrected chi connectivity index (χ0v) is 17.6. The third-order valence-electron chi connectivity index (χ3n) is 6.67. The number of piperidine rings is 1. The number of benzene rings is 1. The Morgan fingerprint density at radius 1 is 1.10 bits per heavy atom. The summed E-state index contributed by atoms with van der Waals surface area (Å²) in [6.45, 7) is 2.67. The van der Waals surface area contributed by atoms with Gasteiger partial charge in [0.25, 0.3) is 0 Å². The van der Waals surface area contributed by atoms with Gasteiger partial charge in [0, 0.05) is 19.2 Å². The average Bonchev–Trinajstić information content (AvgIpc) is 3.26. The van der Waals surface area contributed by atoms with Crippen LogP contribution in [0.25, 0.3) is 0 Å². The molecule has 2 aliphatic rings. The second-order valence-electron chi connectivity index (χ2n) is 8.90. The van der Waals surface area contributed by atoms with Gasteiger partial charge in [-0.25, -0.2) is 4.39 Å². The van der Waals surface area contributed by atoms with Crippen LogP contribution in [0, 0.1) is 17.7 Å². The molecule has 1 aliphatic heterocycles. The fourth-order valence-electron chi connectivity index (χ4n) is 5.04. The first-order valence-corrected chi connectivity index (χ1v) is 11.3. The molecule has 0 unspecified atom stereocenters. The van der Waals surface area contributed by atoms with Crippen molar-refractivity contribution in [1.29, 1.82) is 0 Å². The number of halogens is 1. The van der Waals surface area contributed by atoms with Crippen molar-refractivity contribution in [1.82, 2.24) is 15.2 Å². The Labute approximate surface area is 178 Å². The van der Waals surface area contributed by atoms with E-state index in [1.54, 1.807) is 12.1 Å². The van der Waals surface area contributed by atoms with Gasteiger partial charge in [0.1, 0.15) is 5.82 Å². The monoisotopic (exact) mass is 409 g/mol. The number of carbonyl (C=O) groups excluding carboxylic acids is 1. The van der Waals surface area contributed by atoms with Crippen LogP contribution in [0.4, 0.5) is 4.39 Å². The predicted molar refractivity (Wildman–Crippen MR) is 116 cm³/mol. The fourth-order valence-corrected chi connectivity index (χ4v) is 5.04.